The highest BCUT2D eigenvalue weighted by molar-refractivity contribution is 5.36. The van der Waals surface area contributed by atoms with Gasteiger partial charge in [0.25, 0.3) is 0 Å². The Labute approximate surface area is 161 Å². The molecule has 0 aliphatic heterocycles. The summed E-state index contributed by atoms with van der Waals surface area (Å²) in [6.07, 6.45) is 17.2. The molecule has 0 spiro atoms. The Bertz CT molecular complexity index is 691. The molecule has 27 heavy (non-hydrogen) atoms. The first-order valence-electron chi connectivity index (χ1n) is 10.3. The lowest BCUT2D eigenvalue weighted by Gasteiger charge is -2.29. The van der Waals surface area contributed by atoms with Crippen LogP contribution in [0.25, 0.3) is 0 Å². The lowest BCUT2D eigenvalue weighted by molar-refractivity contribution is 0.310. The summed E-state index contributed by atoms with van der Waals surface area (Å²) < 4.78 is 27.7. The molecule has 0 saturated heterocycles. The van der Waals surface area contributed by atoms with Crippen molar-refractivity contribution in [1.82, 2.24) is 0 Å². The zero-order valence-electron chi connectivity index (χ0n) is 16.0. The third kappa shape index (κ3) is 5.06. The van der Waals surface area contributed by atoms with Crippen molar-refractivity contribution in [3.8, 4) is 6.07 Å². The molecule has 0 radical (unpaired) electrons. The van der Waals surface area contributed by atoms with Crippen LogP contribution < -0.4 is 0 Å². The van der Waals surface area contributed by atoms with Crippen LogP contribution in [0, 0.1) is 40.7 Å². The maximum atomic E-state index is 13.9. The number of benzene rings is 1. The summed E-state index contributed by atoms with van der Waals surface area (Å²) in [5.74, 6) is 0.852. The summed E-state index contributed by atoms with van der Waals surface area (Å²) in [7, 11) is 0. The van der Waals surface area contributed by atoms with E-state index in [0.29, 0.717) is 17.4 Å². The topological polar surface area (TPSA) is 23.8 Å². The number of allylic oxidation sites excluding steroid dienone is 3. The van der Waals surface area contributed by atoms with Crippen LogP contribution >= 0.6 is 0 Å². The molecule has 0 heterocycles. The number of rotatable bonds is 5. The van der Waals surface area contributed by atoms with Crippen molar-refractivity contribution in [2.24, 2.45) is 17.8 Å². The van der Waals surface area contributed by atoms with E-state index in [1.54, 1.807) is 6.07 Å². The summed E-state index contributed by atoms with van der Waals surface area (Å²) in [4.78, 5) is 0. The van der Waals surface area contributed by atoms with Crippen molar-refractivity contribution in [2.75, 3.05) is 0 Å². The average molecular weight is 369 g/mol. The highest BCUT2D eigenvalue weighted by atomic mass is 19.1. The van der Waals surface area contributed by atoms with E-state index in [2.05, 4.69) is 18.7 Å². The molecule has 0 aromatic heterocycles. The minimum Gasteiger partial charge on any atom is -0.205 e. The quantitative estimate of drug-likeness (QED) is 0.510. The molecule has 0 amide bonds. The number of hydrogen-bond acceptors (Lipinski definition) is 1. The van der Waals surface area contributed by atoms with Crippen molar-refractivity contribution in [3.63, 3.8) is 0 Å². The Balaban J connectivity index is 1.49. The van der Waals surface area contributed by atoms with E-state index >= 15 is 0 Å². The second-order valence-corrected chi connectivity index (χ2v) is 8.27. The van der Waals surface area contributed by atoms with Crippen LogP contribution in [0.5, 0.6) is 0 Å². The average Bonchev–Trinajstić information content (AvgIpc) is 2.68. The minimum atomic E-state index is -0.735. The van der Waals surface area contributed by atoms with E-state index in [-0.39, 0.29) is 5.92 Å². The van der Waals surface area contributed by atoms with Crippen molar-refractivity contribution in [3.05, 3.63) is 59.7 Å². The standard InChI is InChI=1S/C24H29F2N/c1-2-3-17-4-6-18(7-5-17)8-9-19-10-12-20(13-11-19)21-14-23(25)22(16-27)24(26)15-21/h2,8-9,14-15,17-20H,1,3-7,10-13H2/b9-8+/t17-,18-,19-,20-. The van der Waals surface area contributed by atoms with Crippen LogP contribution in [0.2, 0.25) is 0 Å². The Hall–Kier alpha value is -1.95. The van der Waals surface area contributed by atoms with Crippen LogP contribution in [0.1, 0.15) is 74.8 Å². The lowest BCUT2D eigenvalue weighted by Crippen LogP contribution is -2.14. The van der Waals surface area contributed by atoms with Crippen LogP contribution in [-0.4, -0.2) is 0 Å². The first-order chi connectivity index (χ1) is 13.1. The first kappa shape index (κ1) is 19.8. The monoisotopic (exact) mass is 369 g/mol. The van der Waals surface area contributed by atoms with E-state index in [4.69, 9.17) is 5.26 Å². The number of halogens is 2. The third-order valence-electron chi connectivity index (χ3n) is 6.47. The summed E-state index contributed by atoms with van der Waals surface area (Å²) in [5.41, 5.74) is 0.227. The summed E-state index contributed by atoms with van der Waals surface area (Å²) in [6.45, 7) is 3.85. The molecule has 3 rings (SSSR count). The van der Waals surface area contributed by atoms with Crippen molar-refractivity contribution >= 4 is 0 Å². The molecule has 0 unspecified atom stereocenters. The molecule has 2 saturated carbocycles. The molecule has 2 aliphatic rings. The van der Waals surface area contributed by atoms with Crippen LogP contribution in [0.15, 0.2) is 36.9 Å². The Morgan fingerprint density at radius 3 is 1.93 bits per heavy atom. The normalized spacial score (nSPS) is 28.8. The van der Waals surface area contributed by atoms with Crippen molar-refractivity contribution < 1.29 is 8.78 Å². The molecule has 0 atom stereocenters. The molecule has 1 aromatic rings. The highest BCUT2D eigenvalue weighted by Gasteiger charge is 2.24. The van der Waals surface area contributed by atoms with Crippen molar-refractivity contribution in [1.29, 1.82) is 5.26 Å². The fourth-order valence-electron chi connectivity index (χ4n) is 4.75. The Morgan fingerprint density at radius 1 is 0.926 bits per heavy atom. The predicted octanol–water partition coefficient (Wildman–Crippen LogP) is 7.05. The number of nitrogens with zero attached hydrogens (tertiary/aromatic N) is 1. The molecular weight excluding hydrogens is 340 g/mol. The van der Waals surface area contributed by atoms with Gasteiger partial charge < -0.3 is 0 Å². The fraction of sp³-hybridized carbons (Fsp3) is 0.542. The predicted molar refractivity (Wildman–Crippen MR) is 105 cm³/mol. The van der Waals surface area contributed by atoms with Gasteiger partial charge in [-0.2, -0.15) is 5.26 Å². The van der Waals surface area contributed by atoms with Crippen LogP contribution in [-0.2, 0) is 0 Å². The van der Waals surface area contributed by atoms with E-state index < -0.39 is 17.2 Å². The van der Waals surface area contributed by atoms with Gasteiger partial charge >= 0.3 is 0 Å². The molecular formula is C24H29F2N. The van der Waals surface area contributed by atoms with Gasteiger partial charge in [-0.15, -0.1) is 6.58 Å². The van der Waals surface area contributed by atoms with Gasteiger partial charge in [0.2, 0.25) is 0 Å². The van der Waals surface area contributed by atoms with Gasteiger partial charge in [0.15, 0.2) is 0 Å². The minimum absolute atomic E-state index is 0.195. The van der Waals surface area contributed by atoms with Gasteiger partial charge in [0.1, 0.15) is 23.3 Å². The zero-order valence-corrected chi connectivity index (χ0v) is 16.0. The number of nitriles is 1. The lowest BCUT2D eigenvalue weighted by atomic mass is 9.77. The van der Waals surface area contributed by atoms with Crippen LogP contribution in [0.4, 0.5) is 8.78 Å². The van der Waals surface area contributed by atoms with Gasteiger partial charge in [0, 0.05) is 0 Å². The van der Waals surface area contributed by atoms with Gasteiger partial charge in [-0.3, -0.25) is 0 Å². The highest BCUT2D eigenvalue weighted by Crippen LogP contribution is 2.38. The largest absolute Gasteiger partial charge is 0.205 e. The molecule has 1 nitrogen and oxygen atoms in total. The maximum absolute atomic E-state index is 13.9. The summed E-state index contributed by atoms with van der Waals surface area (Å²) in [6, 6.07) is 4.30. The molecule has 1 aromatic carbocycles. The first-order valence-corrected chi connectivity index (χ1v) is 10.3. The smallest absolute Gasteiger partial charge is 0.144 e. The summed E-state index contributed by atoms with van der Waals surface area (Å²) in [5, 5.41) is 8.80. The molecule has 2 fully saturated rings. The van der Waals surface area contributed by atoms with Gasteiger partial charge in [-0.25, -0.2) is 8.78 Å². The Kier molecular flexibility index (Phi) is 6.83. The third-order valence-corrected chi connectivity index (χ3v) is 6.47. The second kappa shape index (κ2) is 9.31. The molecule has 3 heteroatoms. The molecule has 144 valence electrons. The Morgan fingerprint density at radius 2 is 1.44 bits per heavy atom. The fourth-order valence-corrected chi connectivity index (χ4v) is 4.75. The van der Waals surface area contributed by atoms with Gasteiger partial charge in [-0.05, 0) is 99.2 Å². The maximum Gasteiger partial charge on any atom is 0.144 e. The molecule has 0 bridgehead atoms. The zero-order chi connectivity index (χ0) is 19.2. The SMILES string of the molecule is C=CC[C@H]1CC[C@H](/C=C/[C@H]2CC[C@H](c3cc(F)c(C#N)c(F)c3)CC2)CC1. The van der Waals surface area contributed by atoms with E-state index in [1.165, 1.54) is 37.8 Å². The van der Waals surface area contributed by atoms with Gasteiger partial charge in [0.05, 0.1) is 0 Å². The van der Waals surface area contributed by atoms with Gasteiger partial charge in [-0.1, -0.05) is 18.2 Å². The summed E-state index contributed by atoms with van der Waals surface area (Å²) >= 11 is 0. The number of hydrogen-bond donors (Lipinski definition) is 0. The molecule has 0 N–H and O–H groups in total. The van der Waals surface area contributed by atoms with Crippen molar-refractivity contribution in [2.45, 2.75) is 63.7 Å². The van der Waals surface area contributed by atoms with Crippen LogP contribution in [0.3, 0.4) is 0 Å². The van der Waals surface area contributed by atoms with E-state index in [1.807, 2.05) is 6.08 Å². The van der Waals surface area contributed by atoms with E-state index in [9.17, 15) is 8.78 Å². The van der Waals surface area contributed by atoms with E-state index in [0.717, 1.165) is 38.0 Å². The second-order valence-electron chi connectivity index (χ2n) is 8.27. The molecule has 2 aliphatic carbocycles.